The number of allylic oxidation sites excluding steroid dienone is 1. The molecule has 11 aromatic rings. The zero-order chi connectivity index (χ0) is 48.3. The molecule has 0 spiro atoms. The van der Waals surface area contributed by atoms with Crippen LogP contribution in [0.2, 0.25) is 0 Å². The smallest absolute Gasteiger partial charge is 0.0620 e. The van der Waals surface area contributed by atoms with Crippen molar-refractivity contribution in [3.63, 3.8) is 0 Å². The van der Waals surface area contributed by atoms with Gasteiger partial charge in [-0.25, -0.2) is 0 Å². The van der Waals surface area contributed by atoms with Crippen LogP contribution in [0.1, 0.15) is 114 Å². The van der Waals surface area contributed by atoms with Gasteiger partial charge in [-0.15, -0.1) is 6.58 Å². The lowest BCUT2D eigenvalue weighted by Crippen LogP contribution is -2.10. The maximum atomic E-state index is 3.36. The minimum Gasteiger partial charge on any atom is -0.310 e. The van der Waals surface area contributed by atoms with Crippen LogP contribution in [0.4, 0.5) is 34.1 Å². The number of hydrogen-bond acceptors (Lipinski definition) is 2. The second-order valence-corrected chi connectivity index (χ2v) is 20.1. The number of fused-ring (bicyclic) bond motifs is 8. The Morgan fingerprint density at radius 2 is 0.775 bits per heavy atom. The van der Waals surface area contributed by atoms with E-state index in [2.05, 4.69) is 223 Å². The second-order valence-electron chi connectivity index (χ2n) is 20.1. The molecule has 0 bridgehead atoms. The van der Waals surface area contributed by atoms with Crippen LogP contribution in [-0.2, 0) is 0 Å². The molecule has 9 aromatic carbocycles. The molecule has 2 fully saturated rings. The summed E-state index contributed by atoms with van der Waals surface area (Å²) in [5, 5.41) is 10.2. The zero-order valence-corrected chi connectivity index (χ0v) is 42.0. The van der Waals surface area contributed by atoms with Crippen LogP contribution in [0.15, 0.2) is 201 Å². The van der Waals surface area contributed by atoms with Crippen LogP contribution < -0.4 is 9.80 Å². The first kappa shape index (κ1) is 46.0. The molecule has 2 saturated carbocycles. The van der Waals surface area contributed by atoms with Gasteiger partial charge in [-0.2, -0.15) is 0 Å². The summed E-state index contributed by atoms with van der Waals surface area (Å²) in [6.07, 6.45) is 16.4. The van der Waals surface area contributed by atoms with Crippen molar-refractivity contribution < 1.29 is 0 Å². The zero-order valence-electron chi connectivity index (χ0n) is 42.0. The molecule has 0 unspecified atom stereocenters. The molecule has 3 nitrogen and oxygen atoms in total. The van der Waals surface area contributed by atoms with Crippen LogP contribution in [0, 0.1) is 0 Å². The molecule has 3 heteroatoms. The Morgan fingerprint density at radius 1 is 0.408 bits per heavy atom. The summed E-state index contributed by atoms with van der Waals surface area (Å²) in [5.41, 5.74) is 13.8. The van der Waals surface area contributed by atoms with E-state index in [0.29, 0.717) is 11.8 Å². The van der Waals surface area contributed by atoms with E-state index in [1.165, 1.54) is 153 Å². The summed E-state index contributed by atoms with van der Waals surface area (Å²) in [7, 11) is 0. The second kappa shape index (κ2) is 20.5. The first-order valence-electron chi connectivity index (χ1n) is 26.6. The molecular weight excluding hydrogens is 859 g/mol. The summed E-state index contributed by atoms with van der Waals surface area (Å²) in [5.74, 6) is 1.37. The quantitative estimate of drug-likeness (QED) is 0.141. The summed E-state index contributed by atoms with van der Waals surface area (Å²) in [6, 6.07) is 71.2. The minimum absolute atomic E-state index is 0.684. The maximum absolute atomic E-state index is 3.36. The Morgan fingerprint density at radius 3 is 1.17 bits per heavy atom. The van der Waals surface area contributed by atoms with Gasteiger partial charge in [0.1, 0.15) is 0 Å². The van der Waals surface area contributed by atoms with Gasteiger partial charge >= 0.3 is 0 Å². The molecule has 2 aliphatic carbocycles. The fourth-order valence-electron chi connectivity index (χ4n) is 11.9. The normalized spacial score (nSPS) is 14.4. The van der Waals surface area contributed by atoms with Crippen LogP contribution in [0.5, 0.6) is 0 Å². The van der Waals surface area contributed by atoms with E-state index in [4.69, 9.17) is 0 Å². The highest BCUT2D eigenvalue weighted by atomic mass is 15.1. The van der Waals surface area contributed by atoms with Gasteiger partial charge in [-0.05, 0) is 174 Å². The van der Waals surface area contributed by atoms with Gasteiger partial charge in [-0.3, -0.25) is 0 Å². The summed E-state index contributed by atoms with van der Waals surface area (Å²) in [4.78, 5) is 4.84. The summed E-state index contributed by atoms with van der Waals surface area (Å²) in [6.45, 7) is 9.50. The van der Waals surface area contributed by atoms with Crippen molar-refractivity contribution >= 4 is 93.8 Å². The van der Waals surface area contributed by atoms with Gasteiger partial charge in [0.15, 0.2) is 0 Å². The third-order valence-corrected chi connectivity index (χ3v) is 15.2. The van der Waals surface area contributed by atoms with Gasteiger partial charge in [0.2, 0.25) is 0 Å². The Bertz CT molecular complexity index is 3330. The summed E-state index contributed by atoms with van der Waals surface area (Å²) < 4.78 is 2.55. The van der Waals surface area contributed by atoms with Crippen molar-refractivity contribution in [2.24, 2.45) is 0 Å². The molecule has 0 atom stereocenters. The number of aromatic nitrogens is 1. The van der Waals surface area contributed by atoms with Gasteiger partial charge in [0, 0.05) is 55.7 Å². The maximum Gasteiger partial charge on any atom is 0.0620 e. The molecule has 0 amide bonds. The Labute approximate surface area is 421 Å². The predicted octanol–water partition coefficient (Wildman–Crippen LogP) is 20.8. The Hall–Kier alpha value is -7.36. The van der Waals surface area contributed by atoms with E-state index in [1.54, 1.807) is 6.08 Å². The first-order valence-corrected chi connectivity index (χ1v) is 26.6. The number of hydrogen-bond donors (Lipinski definition) is 0. The number of anilines is 6. The number of rotatable bonds is 8. The van der Waals surface area contributed by atoms with E-state index in [-0.39, 0.29) is 0 Å². The van der Waals surface area contributed by atoms with Crippen LogP contribution >= 0.6 is 0 Å². The van der Waals surface area contributed by atoms with Gasteiger partial charge < -0.3 is 14.2 Å². The van der Waals surface area contributed by atoms with Crippen molar-refractivity contribution in [3.8, 4) is 0 Å². The average molecular weight is 926 g/mol. The van der Waals surface area contributed by atoms with Gasteiger partial charge in [0.05, 0.1) is 16.6 Å². The molecule has 71 heavy (non-hydrogen) atoms. The molecule has 2 aliphatic rings. The lowest BCUT2D eigenvalue weighted by atomic mass is 9.84. The highest BCUT2D eigenvalue weighted by Crippen LogP contribution is 2.45. The molecule has 0 radical (unpaired) electrons. The van der Waals surface area contributed by atoms with E-state index in [1.807, 2.05) is 6.92 Å². The van der Waals surface area contributed by atoms with Gasteiger partial charge in [0.25, 0.3) is 0 Å². The third-order valence-electron chi connectivity index (χ3n) is 15.2. The predicted molar refractivity (Wildman–Crippen MR) is 309 cm³/mol. The van der Waals surface area contributed by atoms with Crippen molar-refractivity contribution in [3.05, 3.63) is 212 Å². The van der Waals surface area contributed by atoms with Crippen LogP contribution in [0.25, 0.3) is 59.6 Å². The van der Waals surface area contributed by atoms with E-state index in [9.17, 15) is 0 Å². The fraction of sp³-hybridized carbons (Fsp3) is 0.235. The molecule has 0 N–H and O–H groups in total. The Balaban J connectivity index is 0.000000870. The molecule has 13 rings (SSSR count). The van der Waals surface area contributed by atoms with E-state index < -0.39 is 0 Å². The minimum atomic E-state index is 0.684. The van der Waals surface area contributed by atoms with Crippen LogP contribution in [-0.4, -0.2) is 4.40 Å². The number of para-hydroxylation sites is 3. The first-order chi connectivity index (χ1) is 35.0. The number of benzene rings is 9. The lowest BCUT2D eigenvalue weighted by molar-refractivity contribution is 0.443. The SMILES string of the molecule is C=CC.CCC.c1ccc(N(c2ccc(C3CCCCC3)cc2)c2ccc3cc4c5cccc6c7cc8ccc(N(c9ccccc9)c9ccc(C%10CCCCC%10)cc9)cc8cc7n(c4cc3c2)c56)cc1. The van der Waals surface area contributed by atoms with Crippen LogP contribution in [0.3, 0.4) is 0 Å². The monoisotopic (exact) mass is 926 g/mol. The molecule has 2 aromatic heterocycles. The van der Waals surface area contributed by atoms with E-state index >= 15 is 0 Å². The molecule has 0 saturated heterocycles. The molecular formula is C68H67N3. The van der Waals surface area contributed by atoms with Crippen molar-refractivity contribution in [1.82, 2.24) is 4.40 Å². The Kier molecular flexibility index (Phi) is 13.3. The largest absolute Gasteiger partial charge is 0.310 e. The fourth-order valence-corrected chi connectivity index (χ4v) is 11.9. The average Bonchev–Trinajstić information content (AvgIpc) is 3.93. The van der Waals surface area contributed by atoms with Crippen molar-refractivity contribution in [2.75, 3.05) is 9.80 Å². The van der Waals surface area contributed by atoms with E-state index in [0.717, 1.165) is 22.7 Å². The highest BCUT2D eigenvalue weighted by Gasteiger charge is 2.22. The number of nitrogens with zero attached hydrogens (tertiary/aromatic N) is 3. The highest BCUT2D eigenvalue weighted by molar-refractivity contribution is 6.26. The third kappa shape index (κ3) is 8.93. The summed E-state index contributed by atoms with van der Waals surface area (Å²) >= 11 is 0. The van der Waals surface area contributed by atoms with Gasteiger partial charge in [-0.1, -0.05) is 156 Å². The topological polar surface area (TPSA) is 10.9 Å². The van der Waals surface area contributed by atoms with Crippen molar-refractivity contribution in [1.29, 1.82) is 0 Å². The lowest BCUT2D eigenvalue weighted by Gasteiger charge is -2.27. The molecule has 2 heterocycles. The molecule has 0 aliphatic heterocycles. The standard InChI is InChI=1S/C62H53N3.C3H8.C3H6/c1-5-14-42(15-6-1)44-24-30-52(31-25-44)63(50-18-9-3-10-19-50)54-34-28-46-38-58-56-22-13-23-57-59-39-47-29-35-55(37-49(47)41-61(59)65(62(56)57)60(58)40-48(46)36-54)64(51-20-11-4-12-21-51)53-32-26-45(27-33-53)43-16-7-2-8-17-43;2*1-3-2/h3-4,9-13,18-43H,1-2,5-8,14-17H2;3H2,1-2H3;3H,1H2,2H3. The molecule has 354 valence electrons. The van der Waals surface area contributed by atoms with Crippen molar-refractivity contribution in [2.45, 2.75) is 103 Å².